The Morgan fingerprint density at radius 3 is 2.70 bits per heavy atom. The van der Waals surface area contributed by atoms with Gasteiger partial charge in [-0.2, -0.15) is 4.39 Å². The zero-order chi connectivity index (χ0) is 20.0. The largest absolute Gasteiger partial charge is 0.365 e. The second-order valence-corrected chi connectivity index (χ2v) is 8.24. The Labute approximate surface area is 159 Å². The van der Waals surface area contributed by atoms with E-state index in [1.165, 1.54) is 12.1 Å². The van der Waals surface area contributed by atoms with Gasteiger partial charge in [-0.1, -0.05) is 13.8 Å². The van der Waals surface area contributed by atoms with Crippen molar-refractivity contribution in [1.29, 1.82) is 0 Å². The van der Waals surface area contributed by atoms with E-state index >= 15 is 0 Å². The van der Waals surface area contributed by atoms with Gasteiger partial charge in [0.25, 0.3) is 0 Å². The molecular weight excluding hydrogens is 374 g/mol. The molecule has 1 aliphatic rings. The molecule has 9 heteroatoms. The Balaban J connectivity index is 2.12. The average molecular weight is 398 g/mol. The van der Waals surface area contributed by atoms with E-state index in [1.807, 2.05) is 38.3 Å². The van der Waals surface area contributed by atoms with E-state index in [2.05, 4.69) is 9.47 Å². The Kier molecular flexibility index (Phi) is 5.29. The van der Waals surface area contributed by atoms with Crippen molar-refractivity contribution in [3.05, 3.63) is 39.8 Å². The number of ether oxygens (including phenoxy) is 2. The molecule has 7 nitrogen and oxygen atoms in total. The van der Waals surface area contributed by atoms with Crippen molar-refractivity contribution in [3.8, 4) is 0 Å². The molecule has 3 rings (SSSR count). The first-order valence-corrected chi connectivity index (χ1v) is 9.12. The lowest BCUT2D eigenvalue weighted by molar-refractivity contribution is -0.387. The minimum Gasteiger partial charge on any atom is -0.365 e. The summed E-state index contributed by atoms with van der Waals surface area (Å²) in [6.07, 6.45) is -0.208. The molecule has 0 spiro atoms. The SMILES string of the molecule is CC1(C)OCC(Cn2c(C(C)(C)COP)cc3cc([N+](=O)[O-])c(F)cc32)O1. The summed E-state index contributed by atoms with van der Waals surface area (Å²) in [6, 6.07) is 4.35. The van der Waals surface area contributed by atoms with Crippen LogP contribution in [0.5, 0.6) is 0 Å². The van der Waals surface area contributed by atoms with Crippen molar-refractivity contribution in [1.82, 2.24) is 4.57 Å². The van der Waals surface area contributed by atoms with E-state index in [9.17, 15) is 14.5 Å². The van der Waals surface area contributed by atoms with Crippen LogP contribution in [0.2, 0.25) is 0 Å². The van der Waals surface area contributed by atoms with E-state index in [1.54, 1.807) is 0 Å². The topological polar surface area (TPSA) is 75.8 Å². The first kappa shape index (κ1) is 20.1. The van der Waals surface area contributed by atoms with E-state index in [-0.39, 0.29) is 6.10 Å². The standard InChI is InChI=1S/C18H24FN2O5P/c1-17(2,10-25-27)16-6-11-5-15(21(22)23)13(19)7-14(11)20(16)8-12-9-24-18(3,4)26-12/h5-7,12H,8-10,27H2,1-4H3. The third-order valence-corrected chi connectivity index (χ3v) is 4.92. The molecule has 1 aliphatic heterocycles. The maximum absolute atomic E-state index is 14.3. The van der Waals surface area contributed by atoms with Crippen molar-refractivity contribution in [2.45, 2.75) is 51.5 Å². The van der Waals surface area contributed by atoms with Crippen LogP contribution in [0.4, 0.5) is 10.1 Å². The molecule has 2 atom stereocenters. The molecule has 0 saturated carbocycles. The van der Waals surface area contributed by atoms with Crippen LogP contribution in [0.1, 0.15) is 33.4 Å². The quantitative estimate of drug-likeness (QED) is 0.419. The number of halogens is 1. The lowest BCUT2D eigenvalue weighted by Gasteiger charge is -2.27. The highest BCUT2D eigenvalue weighted by atomic mass is 31.0. The molecule has 0 aliphatic carbocycles. The van der Waals surface area contributed by atoms with Gasteiger partial charge in [0.05, 0.1) is 30.2 Å². The van der Waals surface area contributed by atoms with E-state index < -0.39 is 27.6 Å². The number of nitro benzene ring substituents is 1. The summed E-state index contributed by atoms with van der Waals surface area (Å²) in [5, 5.41) is 11.7. The normalized spacial score (nSPS) is 19.7. The second kappa shape index (κ2) is 7.09. The van der Waals surface area contributed by atoms with Gasteiger partial charge in [0.1, 0.15) is 6.10 Å². The molecule has 2 heterocycles. The Morgan fingerprint density at radius 1 is 1.44 bits per heavy atom. The molecule has 2 aromatic rings. The van der Waals surface area contributed by atoms with Gasteiger partial charge >= 0.3 is 5.69 Å². The van der Waals surface area contributed by atoms with Crippen molar-refractivity contribution in [3.63, 3.8) is 0 Å². The van der Waals surface area contributed by atoms with Crippen LogP contribution in [-0.2, 0) is 26.0 Å². The zero-order valence-electron chi connectivity index (χ0n) is 15.8. The number of fused-ring (bicyclic) bond motifs is 1. The molecular formula is C18H24FN2O5P. The Morgan fingerprint density at radius 2 is 2.15 bits per heavy atom. The number of aromatic nitrogens is 1. The van der Waals surface area contributed by atoms with Crippen molar-refractivity contribution in [2.75, 3.05) is 13.2 Å². The molecule has 1 aromatic carbocycles. The van der Waals surface area contributed by atoms with Crippen molar-refractivity contribution in [2.24, 2.45) is 0 Å². The first-order chi connectivity index (χ1) is 12.5. The summed E-state index contributed by atoms with van der Waals surface area (Å²) in [5.74, 6) is -1.53. The molecule has 0 amide bonds. The van der Waals surface area contributed by atoms with Crippen molar-refractivity contribution < 1.29 is 23.3 Å². The monoisotopic (exact) mass is 398 g/mol. The van der Waals surface area contributed by atoms with Crippen LogP contribution in [0.15, 0.2) is 18.2 Å². The Hall–Kier alpha value is -1.60. The highest BCUT2D eigenvalue weighted by molar-refractivity contribution is 7.09. The third-order valence-electron chi connectivity index (χ3n) is 4.76. The fraction of sp³-hybridized carbons (Fsp3) is 0.556. The van der Waals surface area contributed by atoms with Gasteiger partial charge in [0, 0.05) is 38.1 Å². The van der Waals surface area contributed by atoms with Gasteiger partial charge < -0.3 is 18.6 Å². The van der Waals surface area contributed by atoms with Crippen LogP contribution < -0.4 is 0 Å². The van der Waals surface area contributed by atoms with Crippen LogP contribution in [0.25, 0.3) is 10.9 Å². The maximum atomic E-state index is 14.3. The van der Waals surface area contributed by atoms with Crippen LogP contribution >= 0.6 is 9.47 Å². The molecule has 1 saturated heterocycles. The van der Waals surface area contributed by atoms with Gasteiger partial charge in [-0.3, -0.25) is 10.1 Å². The molecule has 27 heavy (non-hydrogen) atoms. The highest BCUT2D eigenvalue weighted by Crippen LogP contribution is 2.35. The van der Waals surface area contributed by atoms with E-state index in [0.29, 0.717) is 30.7 Å². The number of hydrogen-bond donors (Lipinski definition) is 0. The average Bonchev–Trinajstić information content (AvgIpc) is 3.07. The van der Waals surface area contributed by atoms with Crippen LogP contribution in [0, 0.1) is 15.9 Å². The highest BCUT2D eigenvalue weighted by Gasteiger charge is 2.35. The predicted molar refractivity (Wildman–Crippen MR) is 102 cm³/mol. The summed E-state index contributed by atoms with van der Waals surface area (Å²) in [5.41, 5.74) is 0.528. The lowest BCUT2D eigenvalue weighted by Crippen LogP contribution is -2.30. The minimum absolute atomic E-state index is 0.208. The number of hydrogen-bond acceptors (Lipinski definition) is 5. The summed E-state index contributed by atoms with van der Waals surface area (Å²) < 4.78 is 33.1. The first-order valence-electron chi connectivity index (χ1n) is 8.65. The zero-order valence-corrected chi connectivity index (χ0v) is 17.0. The van der Waals surface area contributed by atoms with E-state index in [0.717, 1.165) is 5.69 Å². The lowest BCUT2D eigenvalue weighted by atomic mass is 9.90. The molecule has 1 fully saturated rings. The molecule has 0 radical (unpaired) electrons. The molecule has 0 bridgehead atoms. The van der Waals surface area contributed by atoms with Gasteiger partial charge in [-0.05, 0) is 19.9 Å². The number of benzene rings is 1. The summed E-state index contributed by atoms with van der Waals surface area (Å²) in [4.78, 5) is 10.4. The van der Waals surface area contributed by atoms with E-state index in [4.69, 9.17) is 14.0 Å². The van der Waals surface area contributed by atoms with Gasteiger partial charge in [-0.25, -0.2) is 0 Å². The van der Waals surface area contributed by atoms with Gasteiger partial charge in [0.15, 0.2) is 5.79 Å². The number of rotatable bonds is 6. The number of nitro groups is 1. The number of nitrogens with zero attached hydrogens (tertiary/aromatic N) is 2. The summed E-state index contributed by atoms with van der Waals surface area (Å²) in [6.45, 7) is 8.96. The minimum atomic E-state index is -0.859. The van der Waals surface area contributed by atoms with Crippen LogP contribution in [0.3, 0.4) is 0 Å². The second-order valence-electron chi connectivity index (χ2n) is 7.91. The fourth-order valence-electron chi connectivity index (χ4n) is 3.51. The molecule has 0 N–H and O–H groups in total. The smallest absolute Gasteiger partial charge is 0.305 e. The maximum Gasteiger partial charge on any atom is 0.305 e. The fourth-order valence-corrected chi connectivity index (χ4v) is 3.92. The van der Waals surface area contributed by atoms with Crippen LogP contribution in [-0.4, -0.2) is 34.6 Å². The Bertz CT molecular complexity index is 880. The summed E-state index contributed by atoms with van der Waals surface area (Å²) in [7, 11) is 2.23. The molecule has 148 valence electrons. The van der Waals surface area contributed by atoms with Gasteiger partial charge in [-0.15, -0.1) is 0 Å². The van der Waals surface area contributed by atoms with Crippen molar-refractivity contribution >= 4 is 26.1 Å². The third kappa shape index (κ3) is 3.99. The van der Waals surface area contributed by atoms with Gasteiger partial charge in [0.2, 0.25) is 5.82 Å². The molecule has 2 unspecified atom stereocenters. The predicted octanol–water partition coefficient (Wildman–Crippen LogP) is 3.92. The summed E-state index contributed by atoms with van der Waals surface area (Å²) >= 11 is 0. The molecule has 1 aromatic heterocycles.